The van der Waals surface area contributed by atoms with Gasteiger partial charge < -0.3 is 26.6 Å². The minimum absolute atomic E-state index is 0. The molecule has 3 amide bonds. The maximum absolute atomic E-state index is 12.7. The summed E-state index contributed by atoms with van der Waals surface area (Å²) in [7, 11) is 0. The smallest absolute Gasteiger partial charge is 0.338 e. The number of hydrogen-bond acceptors (Lipinski definition) is 7. The van der Waals surface area contributed by atoms with Crippen LogP contribution in [0.4, 0.5) is 10.6 Å². The molecule has 1 aliphatic heterocycles. The van der Waals surface area contributed by atoms with Crippen molar-refractivity contribution < 1.29 is 9.59 Å². The molecule has 214 valence electrons. The van der Waals surface area contributed by atoms with Gasteiger partial charge >= 0.3 is 11.7 Å². The van der Waals surface area contributed by atoms with Crippen LogP contribution in [0, 0.1) is 0 Å². The molecule has 2 aromatic rings. The summed E-state index contributed by atoms with van der Waals surface area (Å²) in [4.78, 5) is 45.0. The maximum atomic E-state index is 12.7. The van der Waals surface area contributed by atoms with Gasteiger partial charge in [-0.25, -0.2) is 9.59 Å². The van der Waals surface area contributed by atoms with Crippen molar-refractivity contribution in [1.29, 1.82) is 0 Å². The largest absolute Gasteiger partial charge is 0.354 e. The van der Waals surface area contributed by atoms with Crippen LogP contribution in [-0.4, -0.2) is 75.1 Å². The molecule has 6 N–H and O–H groups in total. The van der Waals surface area contributed by atoms with Gasteiger partial charge in [0, 0.05) is 56.0 Å². The fourth-order valence-electron chi connectivity index (χ4n) is 4.79. The molecule has 13 heteroatoms. The Morgan fingerprint density at radius 3 is 2.31 bits per heavy atom. The minimum atomic E-state index is -0.955. The van der Waals surface area contributed by atoms with Gasteiger partial charge in [-0.15, -0.1) is 12.4 Å². The predicted molar refractivity (Wildman–Crippen MR) is 155 cm³/mol. The Labute approximate surface area is 239 Å². The van der Waals surface area contributed by atoms with Crippen LogP contribution in [0.5, 0.6) is 0 Å². The molecule has 0 atom stereocenters. The Bertz CT molecular complexity index is 1220. The van der Waals surface area contributed by atoms with Crippen molar-refractivity contribution >= 4 is 41.8 Å². The lowest BCUT2D eigenvalue weighted by Crippen LogP contribution is -2.58. The van der Waals surface area contributed by atoms with Crippen molar-refractivity contribution in [2.24, 2.45) is 11.5 Å². The first kappa shape index (κ1) is 30.8. The van der Waals surface area contributed by atoms with Gasteiger partial charge in [-0.1, -0.05) is 17.7 Å². The van der Waals surface area contributed by atoms with Crippen LogP contribution < -0.4 is 27.8 Å². The third-order valence-corrected chi connectivity index (χ3v) is 7.46. The number of rotatable bonds is 6. The highest BCUT2D eigenvalue weighted by Crippen LogP contribution is 2.22. The summed E-state index contributed by atoms with van der Waals surface area (Å²) in [6, 6.07) is 7.38. The highest BCUT2D eigenvalue weighted by molar-refractivity contribution is 6.31. The van der Waals surface area contributed by atoms with E-state index in [4.69, 9.17) is 23.1 Å². The summed E-state index contributed by atoms with van der Waals surface area (Å²) >= 11 is 6.52. The molecule has 1 aromatic carbocycles. The molecule has 0 unspecified atom stereocenters. The van der Waals surface area contributed by atoms with Crippen LogP contribution >= 0.6 is 24.0 Å². The van der Waals surface area contributed by atoms with Gasteiger partial charge in [0.1, 0.15) is 5.82 Å². The average Bonchev–Trinajstić information content (AvgIpc) is 2.88. The Kier molecular flexibility index (Phi) is 10.4. The Morgan fingerprint density at radius 1 is 1.08 bits per heavy atom. The van der Waals surface area contributed by atoms with E-state index in [0.717, 1.165) is 31.2 Å². The lowest BCUT2D eigenvalue weighted by atomic mass is 9.92. The van der Waals surface area contributed by atoms with E-state index in [9.17, 15) is 14.4 Å². The highest BCUT2D eigenvalue weighted by atomic mass is 35.5. The Balaban J connectivity index is 0.00000420. The zero-order chi connectivity index (χ0) is 27.4. The van der Waals surface area contributed by atoms with E-state index in [1.807, 2.05) is 12.1 Å². The van der Waals surface area contributed by atoms with Crippen LogP contribution in [0.15, 0.2) is 35.3 Å². The van der Waals surface area contributed by atoms with Crippen molar-refractivity contribution in [1.82, 2.24) is 24.7 Å². The van der Waals surface area contributed by atoms with Crippen molar-refractivity contribution in [2.45, 2.75) is 63.7 Å². The van der Waals surface area contributed by atoms with Gasteiger partial charge in [0.05, 0.1) is 11.2 Å². The molecule has 0 radical (unpaired) electrons. The number of nitrogens with one attached hydrogen (secondary N) is 2. The summed E-state index contributed by atoms with van der Waals surface area (Å²) < 4.78 is 1.38. The molecule has 4 rings (SSSR count). The number of carbonyl (C=O) groups excluding carboxylic acids is 2. The fraction of sp³-hybridized carbons (Fsp3) is 0.538. The van der Waals surface area contributed by atoms with Crippen LogP contribution in [0.2, 0.25) is 5.02 Å². The standard InChI is InChI=1S/C26H37ClN8O3.ClH/c1-26(2,29)23(36)33-11-13-34(14-12-33)24(37)31-22-9-10-35(25(38)32-22)20-8-3-17(21(27)15-20)16-30-19-6-4-18(28)5-7-19;/h3,8-10,15,18-19,30H,4-7,11-14,16,28-29H2,1-2H3,(H,31,32,37,38);1H/t18-,19-;. The van der Waals surface area contributed by atoms with E-state index in [1.165, 1.54) is 4.57 Å². The maximum Gasteiger partial charge on any atom is 0.354 e. The molecule has 2 heterocycles. The number of anilines is 1. The number of nitrogens with zero attached hydrogens (tertiary/aromatic N) is 4. The number of carbonyl (C=O) groups is 2. The van der Waals surface area contributed by atoms with E-state index in [2.05, 4.69) is 15.6 Å². The van der Waals surface area contributed by atoms with Crippen LogP contribution in [0.3, 0.4) is 0 Å². The molecule has 2 aliphatic rings. The summed E-state index contributed by atoms with van der Waals surface area (Å²) in [5, 5.41) is 6.77. The predicted octanol–water partition coefficient (Wildman–Crippen LogP) is 2.08. The number of amides is 3. The number of hydrogen-bond donors (Lipinski definition) is 4. The van der Waals surface area contributed by atoms with Gasteiger partial charge in [0.25, 0.3) is 0 Å². The quantitative estimate of drug-likeness (QED) is 0.408. The molecule has 1 saturated heterocycles. The fourth-order valence-corrected chi connectivity index (χ4v) is 5.03. The number of halogens is 2. The second-order valence-corrected chi connectivity index (χ2v) is 11.1. The van der Waals surface area contributed by atoms with E-state index >= 15 is 0 Å². The van der Waals surface area contributed by atoms with Gasteiger partial charge in [0.2, 0.25) is 5.91 Å². The van der Waals surface area contributed by atoms with Gasteiger partial charge in [-0.2, -0.15) is 4.98 Å². The molecule has 1 aliphatic carbocycles. The van der Waals surface area contributed by atoms with Crippen LogP contribution in [0.1, 0.15) is 45.1 Å². The number of aromatic nitrogens is 2. The first-order valence-corrected chi connectivity index (χ1v) is 13.4. The minimum Gasteiger partial charge on any atom is -0.338 e. The third-order valence-electron chi connectivity index (χ3n) is 7.11. The highest BCUT2D eigenvalue weighted by Gasteiger charge is 2.31. The van der Waals surface area contributed by atoms with E-state index in [0.29, 0.717) is 55.5 Å². The first-order chi connectivity index (χ1) is 18.0. The SMILES string of the molecule is CC(C)(N)C(=O)N1CCN(C(=O)Nc2ccn(-c3ccc(CN[C@H]4CC[C@H](N)CC4)c(Cl)c3)c(=O)n2)CC1.Cl. The zero-order valence-corrected chi connectivity index (χ0v) is 23.9. The van der Waals surface area contributed by atoms with E-state index in [-0.39, 0.29) is 30.2 Å². The summed E-state index contributed by atoms with van der Waals surface area (Å²) in [5.41, 5.74) is 11.9. The normalized spacial score (nSPS) is 19.8. The van der Waals surface area contributed by atoms with Crippen molar-refractivity contribution in [2.75, 3.05) is 31.5 Å². The first-order valence-electron chi connectivity index (χ1n) is 13.0. The molecule has 1 saturated carbocycles. The topological polar surface area (TPSA) is 152 Å². The average molecular weight is 582 g/mol. The molecule has 0 spiro atoms. The summed E-state index contributed by atoms with van der Waals surface area (Å²) in [5.74, 6) is -0.00128. The summed E-state index contributed by atoms with van der Waals surface area (Å²) in [6.07, 6.45) is 5.73. The molecule has 0 bridgehead atoms. The monoisotopic (exact) mass is 580 g/mol. The molecule has 2 fully saturated rings. The van der Waals surface area contributed by atoms with Crippen molar-refractivity contribution in [3.8, 4) is 5.69 Å². The van der Waals surface area contributed by atoms with Gasteiger partial charge in [-0.05, 0) is 63.3 Å². The Morgan fingerprint density at radius 2 is 1.72 bits per heavy atom. The lowest BCUT2D eigenvalue weighted by molar-refractivity contribution is -0.137. The molecular weight excluding hydrogens is 543 g/mol. The van der Waals surface area contributed by atoms with Crippen LogP contribution in [-0.2, 0) is 11.3 Å². The number of benzene rings is 1. The van der Waals surface area contributed by atoms with E-state index < -0.39 is 11.2 Å². The van der Waals surface area contributed by atoms with Crippen molar-refractivity contribution in [3.05, 3.63) is 51.5 Å². The Hall–Kier alpha value is -2.70. The second-order valence-electron chi connectivity index (χ2n) is 10.7. The van der Waals surface area contributed by atoms with Crippen LogP contribution in [0.25, 0.3) is 5.69 Å². The second kappa shape index (κ2) is 13.1. The van der Waals surface area contributed by atoms with Gasteiger partial charge in [0.15, 0.2) is 0 Å². The van der Waals surface area contributed by atoms with Gasteiger partial charge in [-0.3, -0.25) is 14.7 Å². The van der Waals surface area contributed by atoms with Crippen molar-refractivity contribution in [3.63, 3.8) is 0 Å². The molecular formula is C26H38Cl2N8O3. The number of nitrogens with two attached hydrogens (primary N) is 2. The number of urea groups is 1. The zero-order valence-electron chi connectivity index (χ0n) is 22.4. The third kappa shape index (κ3) is 7.92. The lowest BCUT2D eigenvalue weighted by Gasteiger charge is -2.37. The molecule has 1 aromatic heterocycles. The molecule has 39 heavy (non-hydrogen) atoms. The molecule has 11 nitrogen and oxygen atoms in total. The number of piperazine rings is 1. The van der Waals surface area contributed by atoms with E-state index in [1.54, 1.807) is 42.0 Å². The summed E-state index contributed by atoms with van der Waals surface area (Å²) in [6.45, 7) is 5.47.